The Morgan fingerprint density at radius 3 is 2.56 bits per heavy atom. The van der Waals surface area contributed by atoms with Crippen molar-refractivity contribution in [3.05, 3.63) is 64.3 Å². The molecule has 32 heavy (non-hydrogen) atoms. The van der Waals surface area contributed by atoms with Gasteiger partial charge in [-0.15, -0.1) is 0 Å². The van der Waals surface area contributed by atoms with Crippen molar-refractivity contribution in [2.24, 2.45) is 0 Å². The predicted octanol–water partition coefficient (Wildman–Crippen LogP) is 4.40. The molecule has 9 heteroatoms. The summed E-state index contributed by atoms with van der Waals surface area (Å²) in [6.07, 6.45) is 1.56. The topological polar surface area (TPSA) is 82.1 Å². The largest absolute Gasteiger partial charge is 0.490 e. The molecule has 1 aliphatic rings. The van der Waals surface area contributed by atoms with Gasteiger partial charge in [0, 0.05) is 5.56 Å². The fraction of sp³-hybridized carbons (Fsp3) is 0.261. The highest BCUT2D eigenvalue weighted by atomic mass is 32.2. The number of hydrogen-bond acceptors (Lipinski definition) is 7. The highest BCUT2D eigenvalue weighted by Gasteiger charge is 2.35. The van der Waals surface area contributed by atoms with E-state index in [0.717, 1.165) is 16.7 Å². The van der Waals surface area contributed by atoms with Gasteiger partial charge in [-0.1, -0.05) is 24.3 Å². The number of hydrogen-bond donors (Lipinski definition) is 0. The van der Waals surface area contributed by atoms with E-state index in [0.29, 0.717) is 23.7 Å². The van der Waals surface area contributed by atoms with Crippen LogP contribution in [0.3, 0.4) is 0 Å². The maximum atomic E-state index is 13.9. The van der Waals surface area contributed by atoms with Crippen molar-refractivity contribution in [3.63, 3.8) is 0 Å². The summed E-state index contributed by atoms with van der Waals surface area (Å²) in [6.45, 7) is 3.72. The maximum Gasteiger partial charge on any atom is 0.344 e. The minimum Gasteiger partial charge on any atom is -0.490 e. The number of nitrogens with zero attached hydrogens (tertiary/aromatic N) is 1. The van der Waals surface area contributed by atoms with Crippen molar-refractivity contribution in [2.45, 2.75) is 20.4 Å². The Morgan fingerprint density at radius 2 is 1.84 bits per heavy atom. The van der Waals surface area contributed by atoms with Crippen LogP contribution in [-0.2, 0) is 20.9 Å². The van der Waals surface area contributed by atoms with Gasteiger partial charge in [0.1, 0.15) is 5.82 Å². The molecular weight excluding hydrogens is 437 g/mol. The van der Waals surface area contributed by atoms with E-state index in [9.17, 15) is 18.8 Å². The standard InChI is InChI=1S/C23H22FNO6S/c1-3-29-19-11-15(9-10-18(19)31-14-21(26)30-4-2)12-20-22(27)25(23(28)32-20)13-16-7-5-6-8-17(16)24/h5-12H,3-4,13-14H2,1-2H3/b20-12-. The van der Waals surface area contributed by atoms with Crippen molar-refractivity contribution in [3.8, 4) is 11.5 Å². The van der Waals surface area contributed by atoms with Gasteiger partial charge < -0.3 is 14.2 Å². The van der Waals surface area contributed by atoms with Gasteiger partial charge in [0.05, 0.1) is 24.7 Å². The number of carbonyl (C=O) groups is 3. The van der Waals surface area contributed by atoms with E-state index in [2.05, 4.69) is 0 Å². The number of amides is 2. The first-order chi connectivity index (χ1) is 15.4. The average Bonchev–Trinajstić information content (AvgIpc) is 3.02. The van der Waals surface area contributed by atoms with Crippen LogP contribution in [0.2, 0.25) is 0 Å². The van der Waals surface area contributed by atoms with Crippen molar-refractivity contribution in [1.29, 1.82) is 0 Å². The number of carbonyl (C=O) groups excluding carboxylic acids is 3. The third-order valence-electron chi connectivity index (χ3n) is 4.38. The van der Waals surface area contributed by atoms with E-state index in [1.807, 2.05) is 0 Å². The Labute approximate surface area is 189 Å². The van der Waals surface area contributed by atoms with Gasteiger partial charge in [0.15, 0.2) is 18.1 Å². The van der Waals surface area contributed by atoms with Crippen LogP contribution in [0.1, 0.15) is 25.0 Å². The van der Waals surface area contributed by atoms with Gasteiger partial charge in [0.2, 0.25) is 0 Å². The molecule has 0 spiro atoms. The Bertz CT molecular complexity index is 1050. The number of halogens is 1. The number of esters is 1. The lowest BCUT2D eigenvalue weighted by Crippen LogP contribution is -2.27. The monoisotopic (exact) mass is 459 g/mol. The van der Waals surface area contributed by atoms with Gasteiger partial charge in [-0.25, -0.2) is 9.18 Å². The summed E-state index contributed by atoms with van der Waals surface area (Å²) in [7, 11) is 0. The zero-order valence-corrected chi connectivity index (χ0v) is 18.4. The quantitative estimate of drug-likeness (QED) is 0.406. The first-order valence-corrected chi connectivity index (χ1v) is 10.8. The number of imide groups is 1. The molecule has 0 radical (unpaired) electrons. The molecular formula is C23H22FNO6S. The van der Waals surface area contributed by atoms with Crippen molar-refractivity contribution in [1.82, 2.24) is 4.90 Å². The highest BCUT2D eigenvalue weighted by Crippen LogP contribution is 2.35. The van der Waals surface area contributed by atoms with E-state index in [1.54, 1.807) is 50.3 Å². The molecule has 1 heterocycles. The molecule has 0 atom stereocenters. The van der Waals surface area contributed by atoms with Crippen molar-refractivity contribution in [2.75, 3.05) is 19.8 Å². The van der Waals surface area contributed by atoms with Gasteiger partial charge in [-0.3, -0.25) is 14.5 Å². The Hall–Kier alpha value is -3.33. The van der Waals surface area contributed by atoms with Crippen LogP contribution >= 0.6 is 11.8 Å². The molecule has 0 aromatic heterocycles. The van der Waals surface area contributed by atoms with Crippen molar-refractivity contribution >= 4 is 35.0 Å². The fourth-order valence-electron chi connectivity index (χ4n) is 2.93. The third-order valence-corrected chi connectivity index (χ3v) is 5.28. The van der Waals surface area contributed by atoms with Crippen molar-refractivity contribution < 1.29 is 33.0 Å². The lowest BCUT2D eigenvalue weighted by atomic mass is 10.1. The molecule has 2 aromatic rings. The molecule has 1 saturated heterocycles. The van der Waals surface area contributed by atoms with E-state index in [-0.39, 0.29) is 30.2 Å². The second-order valence-corrected chi connectivity index (χ2v) is 7.59. The van der Waals surface area contributed by atoms with Crippen LogP contribution in [0.4, 0.5) is 9.18 Å². The molecule has 0 saturated carbocycles. The average molecular weight is 459 g/mol. The molecule has 0 bridgehead atoms. The molecule has 0 N–H and O–H groups in total. The molecule has 0 aliphatic carbocycles. The summed E-state index contributed by atoms with van der Waals surface area (Å²) in [5, 5.41) is -0.469. The van der Waals surface area contributed by atoms with Crippen LogP contribution < -0.4 is 9.47 Å². The lowest BCUT2D eigenvalue weighted by molar-refractivity contribution is -0.145. The zero-order chi connectivity index (χ0) is 23.1. The first kappa shape index (κ1) is 23.3. The van der Waals surface area contributed by atoms with Gasteiger partial charge in [-0.2, -0.15) is 0 Å². The zero-order valence-electron chi connectivity index (χ0n) is 17.6. The Balaban J connectivity index is 1.77. The third kappa shape index (κ3) is 5.67. The normalized spacial score (nSPS) is 14.7. The number of benzene rings is 2. The first-order valence-electron chi connectivity index (χ1n) is 9.97. The fourth-order valence-corrected chi connectivity index (χ4v) is 3.76. The summed E-state index contributed by atoms with van der Waals surface area (Å²) in [5.74, 6) is -0.734. The predicted molar refractivity (Wildman–Crippen MR) is 118 cm³/mol. The number of thioether (sulfide) groups is 1. The minimum absolute atomic E-state index is 0.139. The SMILES string of the molecule is CCOC(=O)COc1ccc(/C=C2\SC(=O)N(Cc3ccccc3F)C2=O)cc1OCC. The highest BCUT2D eigenvalue weighted by molar-refractivity contribution is 8.18. The van der Waals surface area contributed by atoms with E-state index >= 15 is 0 Å². The molecule has 0 unspecified atom stereocenters. The summed E-state index contributed by atoms with van der Waals surface area (Å²) in [5.41, 5.74) is 0.867. The maximum absolute atomic E-state index is 13.9. The second-order valence-electron chi connectivity index (χ2n) is 6.59. The molecule has 2 amide bonds. The van der Waals surface area contributed by atoms with Crippen LogP contribution in [0, 0.1) is 5.82 Å². The summed E-state index contributed by atoms with van der Waals surface area (Å²) < 4.78 is 29.8. The minimum atomic E-state index is -0.498. The number of ether oxygens (including phenoxy) is 3. The van der Waals surface area contributed by atoms with Gasteiger partial charge in [-0.05, 0) is 55.4 Å². The lowest BCUT2D eigenvalue weighted by Gasteiger charge is -2.13. The molecule has 3 rings (SSSR count). The molecule has 168 valence electrons. The molecule has 2 aromatic carbocycles. The van der Waals surface area contributed by atoms with E-state index in [1.165, 1.54) is 12.1 Å². The van der Waals surface area contributed by atoms with Crippen LogP contribution in [0.5, 0.6) is 11.5 Å². The molecule has 1 fully saturated rings. The van der Waals surface area contributed by atoms with Gasteiger partial charge >= 0.3 is 5.97 Å². The van der Waals surface area contributed by atoms with Crippen LogP contribution in [0.15, 0.2) is 47.4 Å². The second kappa shape index (κ2) is 10.8. The molecule has 7 nitrogen and oxygen atoms in total. The number of rotatable bonds is 9. The Morgan fingerprint density at radius 1 is 1.06 bits per heavy atom. The summed E-state index contributed by atoms with van der Waals surface area (Å²) >= 11 is 0.788. The van der Waals surface area contributed by atoms with Crippen LogP contribution in [-0.4, -0.2) is 41.8 Å². The van der Waals surface area contributed by atoms with Crippen LogP contribution in [0.25, 0.3) is 6.08 Å². The smallest absolute Gasteiger partial charge is 0.344 e. The van der Waals surface area contributed by atoms with E-state index < -0.39 is 22.9 Å². The molecule has 1 aliphatic heterocycles. The van der Waals surface area contributed by atoms with Gasteiger partial charge in [0.25, 0.3) is 11.1 Å². The Kier molecular flexibility index (Phi) is 7.88. The van der Waals surface area contributed by atoms with E-state index in [4.69, 9.17) is 14.2 Å². The summed E-state index contributed by atoms with van der Waals surface area (Å²) in [6, 6.07) is 10.9. The summed E-state index contributed by atoms with van der Waals surface area (Å²) in [4.78, 5) is 37.8.